The molecule has 10 nitrogen and oxygen atoms in total. The molecule has 0 radical (unpaired) electrons. The third-order valence-corrected chi connectivity index (χ3v) is 9.77. The van der Waals surface area contributed by atoms with Gasteiger partial charge in [-0.15, -0.1) is 0 Å². The Labute approximate surface area is 233 Å². The van der Waals surface area contributed by atoms with Crippen LogP contribution in [0.15, 0.2) is 17.1 Å². The zero-order chi connectivity index (χ0) is 27.7. The number of piperazine rings is 1. The number of carbonyl (C=O) groups is 1. The molecule has 0 N–H and O–H groups in total. The second kappa shape index (κ2) is 14.6. The average Bonchev–Trinajstić information content (AvgIpc) is 3.36. The van der Waals surface area contributed by atoms with Crippen LogP contribution in [0.1, 0.15) is 56.3 Å². The number of aliphatic imine (C=N–C) groups is 1. The number of nitrogens with zero attached hydrogens (tertiary/aromatic N) is 4. The zero-order valence-electron chi connectivity index (χ0n) is 23.8. The van der Waals surface area contributed by atoms with Crippen LogP contribution in [0.5, 0.6) is 11.5 Å². The SMILES string of the molecule is CCOP(=O)(CCCN1CCN(CCCCOc2cc3c(cc2OC)C(=O)N2CCC[C@H]2C=N3)CC1)OCC. The van der Waals surface area contributed by atoms with Crippen molar-refractivity contribution >= 4 is 25.4 Å². The van der Waals surface area contributed by atoms with Gasteiger partial charge in [0.15, 0.2) is 11.5 Å². The molecule has 39 heavy (non-hydrogen) atoms. The Morgan fingerprint density at radius 2 is 1.64 bits per heavy atom. The highest BCUT2D eigenvalue weighted by atomic mass is 31.2. The summed E-state index contributed by atoms with van der Waals surface area (Å²) < 4.78 is 35.1. The van der Waals surface area contributed by atoms with Crippen molar-refractivity contribution in [1.82, 2.24) is 14.7 Å². The van der Waals surface area contributed by atoms with Crippen molar-refractivity contribution in [3.8, 4) is 11.5 Å². The van der Waals surface area contributed by atoms with Gasteiger partial charge in [-0.05, 0) is 65.1 Å². The lowest BCUT2D eigenvalue weighted by atomic mass is 10.1. The van der Waals surface area contributed by atoms with Gasteiger partial charge in [0.25, 0.3) is 5.91 Å². The quantitative estimate of drug-likeness (QED) is 0.228. The number of fused-ring (bicyclic) bond motifs is 2. The van der Waals surface area contributed by atoms with E-state index in [-0.39, 0.29) is 11.9 Å². The van der Waals surface area contributed by atoms with Crippen LogP contribution in [0.4, 0.5) is 5.69 Å². The molecule has 1 amide bonds. The van der Waals surface area contributed by atoms with Crippen molar-refractivity contribution in [3.05, 3.63) is 17.7 Å². The second-order valence-electron chi connectivity index (χ2n) is 10.3. The van der Waals surface area contributed by atoms with Gasteiger partial charge in [0, 0.05) is 45.0 Å². The van der Waals surface area contributed by atoms with E-state index in [1.807, 2.05) is 31.0 Å². The molecule has 4 rings (SSSR count). The first-order valence-corrected chi connectivity index (χ1v) is 16.2. The molecule has 3 heterocycles. The summed E-state index contributed by atoms with van der Waals surface area (Å²) in [6.07, 6.45) is 7.15. The first kappa shape index (κ1) is 30.0. The Kier molecular flexibility index (Phi) is 11.2. The van der Waals surface area contributed by atoms with Crippen LogP contribution in [-0.4, -0.2) is 112 Å². The molecule has 2 saturated heterocycles. The Morgan fingerprint density at radius 3 is 2.31 bits per heavy atom. The number of unbranched alkanes of at least 4 members (excludes halogenated alkanes) is 1. The van der Waals surface area contributed by atoms with Crippen LogP contribution in [0.2, 0.25) is 0 Å². The lowest BCUT2D eigenvalue weighted by Gasteiger charge is -2.34. The number of ether oxygens (including phenoxy) is 2. The van der Waals surface area contributed by atoms with Crippen LogP contribution in [0.25, 0.3) is 0 Å². The Morgan fingerprint density at radius 1 is 0.949 bits per heavy atom. The number of amides is 1. The van der Waals surface area contributed by atoms with Gasteiger partial charge in [-0.3, -0.25) is 14.4 Å². The highest BCUT2D eigenvalue weighted by molar-refractivity contribution is 7.53. The molecule has 3 aliphatic rings. The summed E-state index contributed by atoms with van der Waals surface area (Å²) in [6.45, 7) is 12.0. The predicted molar refractivity (Wildman–Crippen MR) is 153 cm³/mol. The molecule has 1 aromatic rings. The third-order valence-electron chi connectivity index (χ3n) is 7.61. The maximum absolute atomic E-state index is 13.0. The van der Waals surface area contributed by atoms with Gasteiger partial charge in [-0.1, -0.05) is 0 Å². The van der Waals surface area contributed by atoms with Crippen molar-refractivity contribution in [2.45, 2.75) is 52.0 Å². The average molecular weight is 565 g/mol. The van der Waals surface area contributed by atoms with E-state index in [2.05, 4.69) is 14.8 Å². The van der Waals surface area contributed by atoms with E-state index in [9.17, 15) is 9.36 Å². The van der Waals surface area contributed by atoms with Gasteiger partial charge in [-0.2, -0.15) is 0 Å². The van der Waals surface area contributed by atoms with Crippen molar-refractivity contribution in [1.29, 1.82) is 0 Å². The Hall–Kier alpha value is -1.97. The number of benzene rings is 1. The first-order valence-electron chi connectivity index (χ1n) is 14.5. The van der Waals surface area contributed by atoms with Gasteiger partial charge in [0.2, 0.25) is 0 Å². The molecular formula is C28H45N4O6P. The molecule has 0 spiro atoms. The van der Waals surface area contributed by atoms with Gasteiger partial charge in [0.05, 0.1) is 50.4 Å². The molecule has 1 aromatic carbocycles. The zero-order valence-corrected chi connectivity index (χ0v) is 24.7. The van der Waals surface area contributed by atoms with E-state index in [0.717, 1.165) is 77.9 Å². The van der Waals surface area contributed by atoms with E-state index in [4.69, 9.17) is 18.5 Å². The van der Waals surface area contributed by atoms with E-state index in [1.54, 1.807) is 13.2 Å². The highest BCUT2D eigenvalue weighted by Crippen LogP contribution is 2.48. The molecule has 1 atom stereocenters. The lowest BCUT2D eigenvalue weighted by molar-refractivity contribution is 0.0774. The molecule has 218 valence electrons. The summed E-state index contributed by atoms with van der Waals surface area (Å²) in [5.74, 6) is 1.23. The fourth-order valence-electron chi connectivity index (χ4n) is 5.52. The highest BCUT2D eigenvalue weighted by Gasteiger charge is 2.32. The molecule has 0 aromatic heterocycles. The fraction of sp³-hybridized carbons (Fsp3) is 0.714. The minimum atomic E-state index is -2.94. The van der Waals surface area contributed by atoms with Gasteiger partial charge >= 0.3 is 7.60 Å². The minimum Gasteiger partial charge on any atom is -0.493 e. The lowest BCUT2D eigenvalue weighted by Crippen LogP contribution is -2.46. The summed E-state index contributed by atoms with van der Waals surface area (Å²) in [6, 6.07) is 3.70. The van der Waals surface area contributed by atoms with Crippen molar-refractivity contribution < 1.29 is 27.9 Å². The number of hydrogen-bond donors (Lipinski definition) is 0. The molecule has 0 unspecified atom stereocenters. The summed E-state index contributed by atoms with van der Waals surface area (Å²) in [7, 11) is -1.34. The van der Waals surface area contributed by atoms with Crippen molar-refractivity contribution in [3.63, 3.8) is 0 Å². The number of rotatable bonds is 15. The summed E-state index contributed by atoms with van der Waals surface area (Å²) in [5.41, 5.74) is 1.23. The van der Waals surface area contributed by atoms with Crippen LogP contribution in [0, 0.1) is 0 Å². The Bertz CT molecular complexity index is 1020. The smallest absolute Gasteiger partial charge is 0.330 e. The number of methoxy groups -OCH3 is 1. The predicted octanol–water partition coefficient (Wildman–Crippen LogP) is 4.45. The fourth-order valence-corrected chi connectivity index (χ4v) is 7.17. The van der Waals surface area contributed by atoms with Gasteiger partial charge in [-0.25, -0.2) is 0 Å². The minimum absolute atomic E-state index is 0.0194. The van der Waals surface area contributed by atoms with E-state index >= 15 is 0 Å². The molecule has 11 heteroatoms. The third kappa shape index (κ3) is 8.04. The van der Waals surface area contributed by atoms with Gasteiger partial charge in [0.1, 0.15) is 0 Å². The van der Waals surface area contributed by atoms with Crippen LogP contribution in [0.3, 0.4) is 0 Å². The maximum Gasteiger partial charge on any atom is 0.330 e. The summed E-state index contributed by atoms with van der Waals surface area (Å²) in [4.78, 5) is 24.5. The summed E-state index contributed by atoms with van der Waals surface area (Å²) in [5, 5.41) is 0. The van der Waals surface area contributed by atoms with E-state index < -0.39 is 7.60 Å². The second-order valence-corrected chi connectivity index (χ2v) is 12.5. The standard InChI is InChI=1S/C28H45N4O6P/c1-4-37-39(34,38-5-2)19-9-12-31-16-14-30(15-17-31)11-6-7-18-36-27-21-25-24(20-26(27)35-3)28(33)32-13-8-10-23(32)22-29-25/h20-23H,4-19H2,1-3H3/t23-/m0/s1. The molecule has 0 saturated carbocycles. The molecule has 0 aliphatic carbocycles. The topological polar surface area (TPSA) is 93.1 Å². The summed E-state index contributed by atoms with van der Waals surface area (Å²) >= 11 is 0. The van der Waals surface area contributed by atoms with Crippen molar-refractivity contribution in [2.75, 3.05) is 78.9 Å². The van der Waals surface area contributed by atoms with E-state index in [1.165, 1.54) is 0 Å². The van der Waals surface area contributed by atoms with Gasteiger partial charge < -0.3 is 33.2 Å². The van der Waals surface area contributed by atoms with E-state index in [0.29, 0.717) is 48.7 Å². The molecular weight excluding hydrogens is 519 g/mol. The molecule has 0 bridgehead atoms. The normalized spacial score (nSPS) is 20.1. The number of carbonyl (C=O) groups excluding carboxylic acids is 1. The molecule has 2 fully saturated rings. The van der Waals surface area contributed by atoms with Crippen LogP contribution in [-0.2, 0) is 13.6 Å². The largest absolute Gasteiger partial charge is 0.493 e. The molecule has 3 aliphatic heterocycles. The maximum atomic E-state index is 13.0. The monoisotopic (exact) mass is 564 g/mol. The van der Waals surface area contributed by atoms with Crippen molar-refractivity contribution in [2.24, 2.45) is 4.99 Å². The number of hydrogen-bond acceptors (Lipinski definition) is 9. The van der Waals surface area contributed by atoms with Crippen LogP contribution < -0.4 is 9.47 Å². The van der Waals surface area contributed by atoms with Crippen LogP contribution >= 0.6 is 7.60 Å². The first-order chi connectivity index (χ1) is 19.0. The Balaban J connectivity index is 1.15.